The first-order valence-corrected chi connectivity index (χ1v) is 4.35. The zero-order chi connectivity index (χ0) is 11.8. The van der Waals surface area contributed by atoms with Crippen molar-refractivity contribution in [3.8, 4) is 0 Å². The number of rotatable bonds is 4. The molecule has 0 saturated carbocycles. The Balaban J connectivity index is 4.79. The Morgan fingerprint density at radius 3 is 2.27 bits per heavy atom. The van der Waals surface area contributed by atoms with Gasteiger partial charge in [0.05, 0.1) is 26.2 Å². The zero-order valence-corrected chi connectivity index (χ0v) is 9.36. The topological polar surface area (TPSA) is 65.0 Å². The van der Waals surface area contributed by atoms with Crippen molar-refractivity contribution in [2.24, 2.45) is 4.99 Å². The van der Waals surface area contributed by atoms with Gasteiger partial charge in [-0.1, -0.05) is 6.08 Å². The maximum Gasteiger partial charge on any atom is 0.339 e. The van der Waals surface area contributed by atoms with Crippen LogP contribution in [0.15, 0.2) is 16.6 Å². The molecule has 0 aliphatic carbocycles. The third-order valence-electron chi connectivity index (χ3n) is 1.83. The van der Waals surface area contributed by atoms with E-state index in [4.69, 9.17) is 0 Å². The lowest BCUT2D eigenvalue weighted by Crippen LogP contribution is -2.13. The maximum absolute atomic E-state index is 11.3. The van der Waals surface area contributed by atoms with Gasteiger partial charge in [0.25, 0.3) is 0 Å². The molecule has 0 heterocycles. The van der Waals surface area contributed by atoms with Gasteiger partial charge >= 0.3 is 11.9 Å². The molecule has 0 aromatic carbocycles. The van der Waals surface area contributed by atoms with Gasteiger partial charge in [0, 0.05) is 12.8 Å². The molecule has 0 unspecified atom stereocenters. The fourth-order valence-corrected chi connectivity index (χ4v) is 0.878. The monoisotopic (exact) mass is 213 g/mol. The number of esters is 2. The van der Waals surface area contributed by atoms with Crippen molar-refractivity contribution in [2.45, 2.75) is 13.3 Å². The van der Waals surface area contributed by atoms with Crippen molar-refractivity contribution in [2.75, 3.05) is 21.3 Å². The minimum atomic E-state index is -0.512. The highest BCUT2D eigenvalue weighted by molar-refractivity contribution is 6.18. The van der Waals surface area contributed by atoms with Gasteiger partial charge in [-0.2, -0.15) is 0 Å². The van der Waals surface area contributed by atoms with Gasteiger partial charge < -0.3 is 9.47 Å². The van der Waals surface area contributed by atoms with Crippen molar-refractivity contribution in [3.05, 3.63) is 11.6 Å². The molecule has 0 saturated heterocycles. The van der Waals surface area contributed by atoms with Crippen LogP contribution in [0.3, 0.4) is 0 Å². The van der Waals surface area contributed by atoms with Crippen LogP contribution in [0.25, 0.3) is 0 Å². The molecule has 0 aliphatic rings. The summed E-state index contributed by atoms with van der Waals surface area (Å²) in [6.45, 7) is 1.67. The Labute approximate surface area is 88.8 Å². The second-order valence-electron chi connectivity index (χ2n) is 2.70. The first-order chi connectivity index (χ1) is 7.06. The Hall–Kier alpha value is -1.65. The lowest BCUT2D eigenvalue weighted by Gasteiger charge is -2.03. The molecule has 84 valence electrons. The van der Waals surface area contributed by atoms with Gasteiger partial charge in [-0.3, -0.25) is 9.79 Å². The second kappa shape index (κ2) is 6.75. The summed E-state index contributed by atoms with van der Waals surface area (Å²) in [6, 6.07) is 0. The van der Waals surface area contributed by atoms with Crippen LogP contribution in [0, 0.1) is 0 Å². The van der Waals surface area contributed by atoms with Crippen LogP contribution in [-0.4, -0.2) is 38.9 Å². The van der Waals surface area contributed by atoms with Crippen LogP contribution in [0.2, 0.25) is 0 Å². The zero-order valence-electron chi connectivity index (χ0n) is 9.36. The summed E-state index contributed by atoms with van der Waals surface area (Å²) in [5.74, 6) is -0.928. The molecule has 0 radical (unpaired) electrons. The normalized spacial score (nSPS) is 12.3. The summed E-state index contributed by atoms with van der Waals surface area (Å²) < 4.78 is 9.01. The fraction of sp³-hybridized carbons (Fsp3) is 0.500. The van der Waals surface area contributed by atoms with E-state index in [1.807, 2.05) is 0 Å². The summed E-state index contributed by atoms with van der Waals surface area (Å²) in [5, 5.41) is 0. The molecule has 0 bridgehead atoms. The second-order valence-corrected chi connectivity index (χ2v) is 2.70. The van der Waals surface area contributed by atoms with Gasteiger partial charge in [0.1, 0.15) is 0 Å². The molecule has 0 amide bonds. The molecule has 0 aliphatic heterocycles. The highest BCUT2D eigenvalue weighted by atomic mass is 16.5. The molecule has 0 atom stereocenters. The molecule has 0 rings (SSSR count). The Kier molecular flexibility index (Phi) is 6.01. The van der Waals surface area contributed by atoms with Crippen molar-refractivity contribution < 1.29 is 19.1 Å². The van der Waals surface area contributed by atoms with E-state index in [9.17, 15) is 9.59 Å². The van der Waals surface area contributed by atoms with Crippen molar-refractivity contribution in [3.63, 3.8) is 0 Å². The standard InChI is InChI=1S/C10H15NO4/c1-7(11-2)8(10(13)15-4)5-6-9(12)14-3/h5H,6H2,1-4H3. The summed E-state index contributed by atoms with van der Waals surface area (Å²) in [4.78, 5) is 26.0. The Morgan fingerprint density at radius 1 is 1.27 bits per heavy atom. The number of carbonyl (C=O) groups is 2. The first-order valence-electron chi connectivity index (χ1n) is 4.35. The SMILES string of the molecule is CN=C(C)C(=CCC(=O)OC)C(=O)OC. The van der Waals surface area contributed by atoms with E-state index < -0.39 is 11.9 Å². The smallest absolute Gasteiger partial charge is 0.339 e. The molecule has 5 heteroatoms. The maximum atomic E-state index is 11.3. The molecule has 15 heavy (non-hydrogen) atoms. The minimum absolute atomic E-state index is 0.0216. The number of hydrogen-bond donors (Lipinski definition) is 0. The molecule has 0 N–H and O–H groups in total. The number of methoxy groups -OCH3 is 2. The molecular formula is C10H15NO4. The number of nitrogens with zero attached hydrogens (tertiary/aromatic N) is 1. The predicted molar refractivity (Wildman–Crippen MR) is 55.8 cm³/mol. The molecular weight excluding hydrogens is 198 g/mol. The molecule has 5 nitrogen and oxygen atoms in total. The largest absolute Gasteiger partial charge is 0.469 e. The van der Waals surface area contributed by atoms with Gasteiger partial charge in [0.2, 0.25) is 0 Å². The van der Waals surface area contributed by atoms with Crippen LogP contribution < -0.4 is 0 Å². The van der Waals surface area contributed by atoms with Gasteiger partial charge in [-0.25, -0.2) is 4.79 Å². The molecule has 0 aromatic heterocycles. The minimum Gasteiger partial charge on any atom is -0.469 e. The van der Waals surface area contributed by atoms with E-state index in [0.717, 1.165) is 0 Å². The number of ether oxygens (including phenoxy) is 2. The fourth-order valence-electron chi connectivity index (χ4n) is 0.878. The molecule has 0 fully saturated rings. The summed E-state index contributed by atoms with van der Waals surface area (Å²) in [6.07, 6.45) is 1.47. The van der Waals surface area contributed by atoms with Crippen LogP contribution in [0.1, 0.15) is 13.3 Å². The molecule has 0 spiro atoms. The Morgan fingerprint density at radius 2 is 1.87 bits per heavy atom. The van der Waals surface area contributed by atoms with Crippen LogP contribution >= 0.6 is 0 Å². The Bertz CT molecular complexity index is 305. The number of carbonyl (C=O) groups excluding carboxylic acids is 2. The highest BCUT2D eigenvalue weighted by Crippen LogP contribution is 2.03. The van der Waals surface area contributed by atoms with Crippen LogP contribution in [-0.2, 0) is 19.1 Å². The van der Waals surface area contributed by atoms with E-state index in [2.05, 4.69) is 14.5 Å². The van der Waals surface area contributed by atoms with E-state index >= 15 is 0 Å². The van der Waals surface area contributed by atoms with E-state index in [1.54, 1.807) is 14.0 Å². The van der Waals surface area contributed by atoms with E-state index in [0.29, 0.717) is 5.71 Å². The quantitative estimate of drug-likeness (QED) is 0.392. The van der Waals surface area contributed by atoms with Crippen molar-refractivity contribution in [1.29, 1.82) is 0 Å². The lowest BCUT2D eigenvalue weighted by atomic mass is 10.1. The average Bonchev–Trinajstić information content (AvgIpc) is 2.27. The third kappa shape index (κ3) is 4.39. The van der Waals surface area contributed by atoms with E-state index in [1.165, 1.54) is 20.3 Å². The van der Waals surface area contributed by atoms with Crippen LogP contribution in [0.4, 0.5) is 0 Å². The summed E-state index contributed by atoms with van der Waals surface area (Å²) >= 11 is 0. The number of hydrogen-bond acceptors (Lipinski definition) is 5. The van der Waals surface area contributed by atoms with E-state index in [-0.39, 0.29) is 12.0 Å². The number of aliphatic imine (C=N–C) groups is 1. The highest BCUT2D eigenvalue weighted by Gasteiger charge is 2.13. The van der Waals surface area contributed by atoms with Gasteiger partial charge in [-0.05, 0) is 6.92 Å². The molecule has 0 aromatic rings. The van der Waals surface area contributed by atoms with Gasteiger partial charge in [-0.15, -0.1) is 0 Å². The summed E-state index contributed by atoms with van der Waals surface area (Å²) in [5.41, 5.74) is 0.802. The predicted octanol–water partition coefficient (Wildman–Crippen LogP) is 0.740. The van der Waals surface area contributed by atoms with Gasteiger partial charge in [0.15, 0.2) is 0 Å². The van der Waals surface area contributed by atoms with Crippen LogP contribution in [0.5, 0.6) is 0 Å². The summed E-state index contributed by atoms with van der Waals surface area (Å²) in [7, 11) is 4.12. The average molecular weight is 213 g/mol. The first kappa shape index (κ1) is 13.4. The van der Waals surface area contributed by atoms with Crippen molar-refractivity contribution >= 4 is 17.7 Å². The van der Waals surface area contributed by atoms with Crippen molar-refractivity contribution in [1.82, 2.24) is 0 Å². The lowest BCUT2D eigenvalue weighted by molar-refractivity contribution is -0.139. The third-order valence-corrected chi connectivity index (χ3v) is 1.83.